The number of esters is 1. The van der Waals surface area contributed by atoms with E-state index in [2.05, 4.69) is 7.05 Å². The van der Waals surface area contributed by atoms with Crippen LogP contribution in [0.5, 0.6) is 17.2 Å². The number of cyclic esters (lactones) is 1. The molecule has 140 valence electrons. The molecule has 0 aliphatic carbocycles. The lowest BCUT2D eigenvalue weighted by Gasteiger charge is -2.33. The number of ether oxygens (including phenoxy) is 4. The molecule has 3 heterocycles. The summed E-state index contributed by atoms with van der Waals surface area (Å²) in [5.74, 6) is 1.46. The summed E-state index contributed by atoms with van der Waals surface area (Å²) in [7, 11) is 3.68. The molecule has 7 nitrogen and oxygen atoms in total. The average Bonchev–Trinajstić information content (AvgIpc) is 3.22. The number of fused-ring (bicyclic) bond motifs is 2. The van der Waals surface area contributed by atoms with Crippen LogP contribution in [0.25, 0.3) is 0 Å². The molecule has 0 aromatic heterocycles. The van der Waals surface area contributed by atoms with Gasteiger partial charge in [-0.15, -0.1) is 0 Å². The number of Topliss-reactive ketones (excluding diaryl/α,β-unsaturated/α-hetero) is 1. The maximum atomic E-state index is 13.0. The number of rotatable bonds is 4. The molecule has 1 fully saturated rings. The summed E-state index contributed by atoms with van der Waals surface area (Å²) in [6, 6.07) is 1.90. The maximum absolute atomic E-state index is 13.0. The minimum Gasteiger partial charge on any atom is -0.492 e. The largest absolute Gasteiger partial charge is 0.492 e. The third-order valence-corrected chi connectivity index (χ3v) is 5.97. The van der Waals surface area contributed by atoms with E-state index in [1.165, 1.54) is 4.90 Å². The van der Waals surface area contributed by atoms with Crippen LogP contribution in [0, 0.1) is 5.41 Å². The molecule has 0 bridgehead atoms. The predicted molar refractivity (Wildman–Crippen MR) is 90.6 cm³/mol. The molecule has 1 unspecified atom stereocenters. The van der Waals surface area contributed by atoms with Crippen molar-refractivity contribution in [3.8, 4) is 17.2 Å². The number of carbonyl (C=O) groups excluding carboxylic acids is 2. The zero-order valence-electron chi connectivity index (χ0n) is 15.3. The van der Waals surface area contributed by atoms with Crippen molar-refractivity contribution in [2.75, 3.05) is 34.1 Å². The molecule has 0 amide bonds. The lowest BCUT2D eigenvalue weighted by atomic mass is 9.79. The Morgan fingerprint density at radius 3 is 2.88 bits per heavy atom. The van der Waals surface area contributed by atoms with Crippen molar-refractivity contribution in [2.24, 2.45) is 5.41 Å². The second-order valence-electron chi connectivity index (χ2n) is 7.46. The van der Waals surface area contributed by atoms with Crippen LogP contribution in [0.1, 0.15) is 36.9 Å². The molecule has 26 heavy (non-hydrogen) atoms. The third-order valence-electron chi connectivity index (χ3n) is 5.97. The summed E-state index contributed by atoms with van der Waals surface area (Å²) < 4.78 is 21.8. The number of hydrogen-bond donors (Lipinski definition) is 1. The fraction of sp³-hybridized carbons (Fsp3) is 0.579. The smallest absolute Gasteiger partial charge is 0.319 e. The lowest BCUT2D eigenvalue weighted by molar-refractivity contribution is -0.914. The van der Waals surface area contributed by atoms with Gasteiger partial charge in [0.15, 0.2) is 17.3 Å². The van der Waals surface area contributed by atoms with E-state index in [1.54, 1.807) is 14.0 Å². The van der Waals surface area contributed by atoms with E-state index >= 15 is 0 Å². The van der Waals surface area contributed by atoms with Gasteiger partial charge in [0.1, 0.15) is 11.5 Å². The fourth-order valence-electron chi connectivity index (χ4n) is 4.17. The van der Waals surface area contributed by atoms with E-state index in [0.29, 0.717) is 30.3 Å². The van der Waals surface area contributed by atoms with Crippen molar-refractivity contribution in [2.45, 2.75) is 32.2 Å². The van der Waals surface area contributed by atoms with E-state index in [-0.39, 0.29) is 25.0 Å². The number of methoxy groups -OCH3 is 1. The summed E-state index contributed by atoms with van der Waals surface area (Å²) in [5, 5.41) is 0. The summed E-state index contributed by atoms with van der Waals surface area (Å²) >= 11 is 0. The maximum Gasteiger partial charge on any atom is 0.319 e. The fourth-order valence-corrected chi connectivity index (χ4v) is 4.17. The molecule has 3 atom stereocenters. The van der Waals surface area contributed by atoms with Crippen molar-refractivity contribution in [1.82, 2.24) is 0 Å². The minimum atomic E-state index is -1.04. The van der Waals surface area contributed by atoms with Gasteiger partial charge in [-0.25, -0.2) is 0 Å². The Morgan fingerprint density at radius 1 is 1.38 bits per heavy atom. The van der Waals surface area contributed by atoms with Crippen LogP contribution in [0.2, 0.25) is 0 Å². The van der Waals surface area contributed by atoms with Gasteiger partial charge < -0.3 is 23.8 Å². The zero-order chi connectivity index (χ0) is 18.5. The Bertz CT molecular complexity index is 776. The number of hydrogen-bond acceptors (Lipinski definition) is 6. The van der Waals surface area contributed by atoms with Gasteiger partial charge in [-0.3, -0.25) is 9.59 Å². The third kappa shape index (κ3) is 2.45. The van der Waals surface area contributed by atoms with Crippen LogP contribution >= 0.6 is 0 Å². The van der Waals surface area contributed by atoms with Gasteiger partial charge in [0.2, 0.25) is 12.5 Å². The first-order valence-corrected chi connectivity index (χ1v) is 8.98. The molecular formula is C19H24NO6+. The minimum absolute atomic E-state index is 0.0723. The predicted octanol–water partition coefficient (Wildman–Crippen LogP) is 0.448. The molecule has 0 radical (unpaired) electrons. The topological polar surface area (TPSA) is 75.5 Å². The SMILES string of the molecule is COc1c2c(cc3c1[C@@H](CC(=O)[C@@]1(C)CCOC1=O)[NH+](C)CC3)OCO2. The molecule has 1 aromatic rings. The van der Waals surface area contributed by atoms with E-state index in [4.69, 9.17) is 18.9 Å². The normalized spacial score (nSPS) is 29.3. The quantitative estimate of drug-likeness (QED) is 0.619. The summed E-state index contributed by atoms with van der Waals surface area (Å²) in [5.41, 5.74) is 1.07. The second-order valence-corrected chi connectivity index (χ2v) is 7.46. The number of benzene rings is 1. The first-order chi connectivity index (χ1) is 12.5. The van der Waals surface area contributed by atoms with E-state index in [9.17, 15) is 9.59 Å². The van der Waals surface area contributed by atoms with Crippen LogP contribution in [0.3, 0.4) is 0 Å². The average molecular weight is 362 g/mol. The Morgan fingerprint density at radius 2 is 2.19 bits per heavy atom. The van der Waals surface area contributed by atoms with Gasteiger partial charge >= 0.3 is 5.97 Å². The Labute approximate surface area is 152 Å². The van der Waals surface area contributed by atoms with Gasteiger partial charge in [0.25, 0.3) is 0 Å². The summed E-state index contributed by atoms with van der Waals surface area (Å²) in [6.45, 7) is 3.08. The van der Waals surface area contributed by atoms with E-state index in [1.807, 2.05) is 6.07 Å². The number of ketones is 1. The molecule has 0 spiro atoms. The van der Waals surface area contributed by atoms with Gasteiger partial charge in [-0.2, -0.15) is 0 Å². The standard InChI is InChI=1S/C19H23NO6/c1-19(5-7-24-18(19)22)14(21)9-12-15-11(4-6-20(12)2)8-13-16(17(15)23-3)26-10-25-13/h8,12H,4-7,9-10H2,1-3H3/p+1/t12-,19-/m1/s1. The Hall–Kier alpha value is -2.28. The highest BCUT2D eigenvalue weighted by Crippen LogP contribution is 2.48. The highest BCUT2D eigenvalue weighted by atomic mass is 16.7. The Balaban J connectivity index is 1.72. The molecule has 1 saturated heterocycles. The monoisotopic (exact) mass is 362 g/mol. The van der Waals surface area contributed by atoms with Gasteiger partial charge in [-0.1, -0.05) is 0 Å². The molecular weight excluding hydrogens is 338 g/mol. The van der Waals surface area contributed by atoms with E-state index in [0.717, 1.165) is 24.1 Å². The van der Waals surface area contributed by atoms with Crippen LogP contribution in [-0.4, -0.2) is 45.9 Å². The summed E-state index contributed by atoms with van der Waals surface area (Å²) in [6.07, 6.45) is 1.58. The Kier molecular flexibility index (Phi) is 4.06. The van der Waals surface area contributed by atoms with Crippen LogP contribution in [0.4, 0.5) is 0 Å². The van der Waals surface area contributed by atoms with Crippen LogP contribution in [0.15, 0.2) is 6.07 Å². The van der Waals surface area contributed by atoms with E-state index < -0.39 is 11.4 Å². The highest BCUT2D eigenvalue weighted by Gasteiger charge is 2.49. The first kappa shape index (κ1) is 17.1. The molecule has 0 saturated carbocycles. The van der Waals surface area contributed by atoms with Crippen molar-refractivity contribution < 1.29 is 33.4 Å². The molecule has 3 aliphatic rings. The first-order valence-electron chi connectivity index (χ1n) is 8.98. The second kappa shape index (κ2) is 6.16. The van der Waals surface area contributed by atoms with Crippen molar-refractivity contribution in [3.63, 3.8) is 0 Å². The lowest BCUT2D eigenvalue weighted by Crippen LogP contribution is -3.10. The van der Waals surface area contributed by atoms with Crippen molar-refractivity contribution in [3.05, 3.63) is 17.2 Å². The molecule has 3 aliphatic heterocycles. The van der Waals surface area contributed by atoms with Gasteiger partial charge in [-0.05, 0) is 18.6 Å². The van der Waals surface area contributed by atoms with Crippen LogP contribution in [-0.2, 0) is 20.7 Å². The molecule has 4 rings (SSSR count). The van der Waals surface area contributed by atoms with Gasteiger partial charge in [0, 0.05) is 12.8 Å². The van der Waals surface area contributed by atoms with Gasteiger partial charge in [0.05, 0.1) is 39.3 Å². The number of carbonyl (C=O) groups is 2. The molecule has 1 aromatic carbocycles. The molecule has 7 heteroatoms. The summed E-state index contributed by atoms with van der Waals surface area (Å²) in [4.78, 5) is 26.3. The number of likely N-dealkylation sites (N-methyl/N-ethyl adjacent to an activating group) is 1. The van der Waals surface area contributed by atoms with Crippen molar-refractivity contribution in [1.29, 1.82) is 0 Å². The number of quaternary nitrogens is 1. The molecule has 1 N–H and O–H groups in total. The zero-order valence-corrected chi connectivity index (χ0v) is 15.3. The van der Waals surface area contributed by atoms with Crippen molar-refractivity contribution >= 4 is 11.8 Å². The highest BCUT2D eigenvalue weighted by molar-refractivity contribution is 6.04. The number of nitrogens with one attached hydrogen (secondary N) is 1. The van der Waals surface area contributed by atoms with Crippen LogP contribution < -0.4 is 19.1 Å².